The van der Waals surface area contributed by atoms with E-state index in [0.717, 1.165) is 34.2 Å². The molecule has 206 valence electrons. The fourth-order valence-corrected chi connectivity index (χ4v) is 4.39. The van der Waals surface area contributed by atoms with E-state index in [1.54, 1.807) is 12.1 Å². The minimum absolute atomic E-state index is 0.0747. The molecule has 0 saturated heterocycles. The van der Waals surface area contributed by atoms with Gasteiger partial charge in [0.05, 0.1) is 18.0 Å². The van der Waals surface area contributed by atoms with Gasteiger partial charge in [0.15, 0.2) is 0 Å². The van der Waals surface area contributed by atoms with Gasteiger partial charge in [-0.25, -0.2) is 9.18 Å². The van der Waals surface area contributed by atoms with Crippen molar-refractivity contribution in [2.45, 2.75) is 19.8 Å². The van der Waals surface area contributed by atoms with Gasteiger partial charge in [0, 0.05) is 11.1 Å². The highest BCUT2D eigenvalue weighted by Gasteiger charge is 2.18. The number of allylic oxidation sites excluding steroid dienone is 1. The number of aromatic amines is 1. The number of aromatic nitrogens is 4. The molecular weight excluding hydrogens is 519 g/mol. The third-order valence-electron chi connectivity index (χ3n) is 6.26. The monoisotopic (exact) mass is 548 g/mol. The van der Waals surface area contributed by atoms with Crippen LogP contribution >= 0.6 is 0 Å². The molecule has 5 rings (SSSR count). The molecule has 0 atom stereocenters. The lowest BCUT2D eigenvalue weighted by atomic mass is 9.95. The number of para-hydroxylation sites is 1. The lowest BCUT2D eigenvalue weighted by molar-refractivity contribution is 0.261. The van der Waals surface area contributed by atoms with Crippen molar-refractivity contribution in [3.63, 3.8) is 0 Å². The van der Waals surface area contributed by atoms with Gasteiger partial charge in [-0.15, -0.1) is 10.2 Å². The van der Waals surface area contributed by atoms with Crippen LogP contribution in [0.4, 0.5) is 20.6 Å². The Morgan fingerprint density at radius 3 is 2.41 bits per heavy atom. The number of anilines is 2. The molecule has 41 heavy (non-hydrogen) atoms. The van der Waals surface area contributed by atoms with Crippen LogP contribution in [0.15, 0.2) is 97.1 Å². The molecule has 0 radical (unpaired) electrons. The number of tetrazole rings is 1. The molecule has 0 spiro atoms. The summed E-state index contributed by atoms with van der Waals surface area (Å²) in [6, 6.07) is 27.0. The maximum atomic E-state index is 14.2. The zero-order valence-electron chi connectivity index (χ0n) is 22.5. The SMILES string of the molecule is CCCOc1c(C/C=C/c2ccccc2)cc(-c2ccccc2-c2nn[nH]n2)cc1NC(=O)Nc1ccccc1F. The van der Waals surface area contributed by atoms with Crippen molar-refractivity contribution in [3.05, 3.63) is 114 Å². The van der Waals surface area contributed by atoms with Gasteiger partial charge >= 0.3 is 6.03 Å². The number of amides is 2. The van der Waals surface area contributed by atoms with Gasteiger partial charge in [-0.2, -0.15) is 5.21 Å². The number of urea groups is 1. The van der Waals surface area contributed by atoms with E-state index in [2.05, 4.69) is 37.3 Å². The Kier molecular flexibility index (Phi) is 8.75. The summed E-state index contributed by atoms with van der Waals surface area (Å²) in [5, 5.41) is 20.0. The third-order valence-corrected chi connectivity index (χ3v) is 6.26. The summed E-state index contributed by atoms with van der Waals surface area (Å²) in [5.41, 5.74) is 4.91. The predicted molar refractivity (Wildman–Crippen MR) is 159 cm³/mol. The van der Waals surface area contributed by atoms with Crippen LogP contribution in [-0.2, 0) is 6.42 Å². The first-order valence-electron chi connectivity index (χ1n) is 13.3. The summed E-state index contributed by atoms with van der Waals surface area (Å²) in [7, 11) is 0. The van der Waals surface area contributed by atoms with Crippen LogP contribution in [0.25, 0.3) is 28.6 Å². The van der Waals surface area contributed by atoms with Crippen LogP contribution in [0.2, 0.25) is 0 Å². The van der Waals surface area contributed by atoms with Crippen molar-refractivity contribution in [1.29, 1.82) is 0 Å². The first kappa shape index (κ1) is 27.3. The van der Waals surface area contributed by atoms with E-state index in [9.17, 15) is 9.18 Å². The Bertz CT molecular complexity index is 1640. The molecule has 0 bridgehead atoms. The number of nitrogens with one attached hydrogen (secondary N) is 3. The summed E-state index contributed by atoms with van der Waals surface area (Å²) >= 11 is 0. The van der Waals surface area contributed by atoms with Crippen LogP contribution in [0.3, 0.4) is 0 Å². The Morgan fingerprint density at radius 1 is 0.927 bits per heavy atom. The van der Waals surface area contributed by atoms with Crippen molar-refractivity contribution in [3.8, 4) is 28.3 Å². The minimum atomic E-state index is -0.592. The molecule has 8 nitrogen and oxygen atoms in total. The van der Waals surface area contributed by atoms with Gasteiger partial charge in [0.25, 0.3) is 0 Å². The van der Waals surface area contributed by atoms with Gasteiger partial charge in [-0.3, -0.25) is 0 Å². The fourth-order valence-electron chi connectivity index (χ4n) is 4.39. The second-order valence-electron chi connectivity index (χ2n) is 9.22. The molecule has 1 aromatic heterocycles. The van der Waals surface area contributed by atoms with Gasteiger partial charge in [0.1, 0.15) is 11.6 Å². The maximum Gasteiger partial charge on any atom is 0.323 e. The van der Waals surface area contributed by atoms with Gasteiger partial charge in [-0.05, 0) is 59.0 Å². The highest BCUT2D eigenvalue weighted by molar-refractivity contribution is 6.01. The second-order valence-corrected chi connectivity index (χ2v) is 9.22. The quantitative estimate of drug-likeness (QED) is 0.169. The van der Waals surface area contributed by atoms with Gasteiger partial charge < -0.3 is 15.4 Å². The highest BCUT2D eigenvalue weighted by Crippen LogP contribution is 2.38. The molecule has 1 heterocycles. The van der Waals surface area contributed by atoms with Crippen LogP contribution in [0.1, 0.15) is 24.5 Å². The molecule has 9 heteroatoms. The van der Waals surface area contributed by atoms with E-state index in [0.29, 0.717) is 30.3 Å². The van der Waals surface area contributed by atoms with E-state index in [-0.39, 0.29) is 5.69 Å². The average molecular weight is 549 g/mol. The minimum Gasteiger partial charge on any atom is -0.491 e. The topological polar surface area (TPSA) is 105 Å². The number of nitrogens with zero attached hydrogens (tertiary/aromatic N) is 3. The van der Waals surface area contributed by atoms with Crippen molar-refractivity contribution < 1.29 is 13.9 Å². The predicted octanol–water partition coefficient (Wildman–Crippen LogP) is 7.36. The van der Waals surface area contributed by atoms with Crippen molar-refractivity contribution in [2.75, 3.05) is 17.2 Å². The number of H-pyrrole nitrogens is 1. The summed E-state index contributed by atoms with van der Waals surface area (Å²) in [4.78, 5) is 13.1. The maximum absolute atomic E-state index is 14.2. The van der Waals surface area contributed by atoms with Crippen LogP contribution in [0.5, 0.6) is 5.75 Å². The number of carbonyl (C=O) groups is 1. The molecule has 0 saturated carbocycles. The van der Waals surface area contributed by atoms with Crippen LogP contribution in [-0.4, -0.2) is 33.3 Å². The first-order valence-corrected chi connectivity index (χ1v) is 13.3. The third kappa shape index (κ3) is 6.83. The number of ether oxygens (including phenoxy) is 1. The van der Waals surface area contributed by atoms with Crippen molar-refractivity contribution >= 4 is 23.5 Å². The fraction of sp³-hybridized carbons (Fsp3) is 0.125. The van der Waals surface area contributed by atoms with E-state index in [1.165, 1.54) is 12.1 Å². The van der Waals surface area contributed by atoms with E-state index < -0.39 is 11.8 Å². The molecule has 2 amide bonds. The van der Waals surface area contributed by atoms with Crippen LogP contribution < -0.4 is 15.4 Å². The lowest BCUT2D eigenvalue weighted by Gasteiger charge is -2.19. The Hall–Kier alpha value is -5.31. The molecule has 3 N–H and O–H groups in total. The molecule has 0 unspecified atom stereocenters. The van der Waals surface area contributed by atoms with Crippen LogP contribution in [0, 0.1) is 5.82 Å². The van der Waals surface area contributed by atoms with Crippen molar-refractivity contribution in [2.24, 2.45) is 0 Å². The van der Waals surface area contributed by atoms with Gasteiger partial charge in [0.2, 0.25) is 5.82 Å². The zero-order valence-corrected chi connectivity index (χ0v) is 22.5. The second kappa shape index (κ2) is 13.2. The summed E-state index contributed by atoms with van der Waals surface area (Å²) in [5.74, 6) is 0.470. The number of hydrogen-bond donors (Lipinski definition) is 3. The Morgan fingerprint density at radius 2 is 1.66 bits per heavy atom. The normalized spacial score (nSPS) is 11.0. The smallest absolute Gasteiger partial charge is 0.323 e. The van der Waals surface area contributed by atoms with Crippen molar-refractivity contribution in [1.82, 2.24) is 20.6 Å². The number of carbonyl (C=O) groups excluding carboxylic acids is 1. The molecular formula is C32H29FN6O2. The van der Waals surface area contributed by atoms with E-state index in [4.69, 9.17) is 4.74 Å². The highest BCUT2D eigenvalue weighted by atomic mass is 19.1. The Labute approximate surface area is 237 Å². The number of rotatable bonds is 10. The molecule has 5 aromatic rings. The molecule has 0 aliphatic rings. The first-order chi connectivity index (χ1) is 20.1. The molecule has 0 aliphatic heterocycles. The van der Waals surface area contributed by atoms with E-state index in [1.807, 2.05) is 79.7 Å². The molecule has 0 aliphatic carbocycles. The molecule has 0 fully saturated rings. The standard InChI is InChI=1S/C32H29FN6O2/c1-2-19-41-30-23(14-10-13-22-11-4-3-5-12-22)20-24(25-15-6-7-16-26(25)31-36-38-39-37-31)21-29(30)35-32(40)34-28-18-9-8-17-27(28)33/h3-13,15-18,20-21H,2,14,19H2,1H3,(H2,34,35,40)(H,36,37,38,39)/b13-10+. The number of halogens is 1. The zero-order chi connectivity index (χ0) is 28.4. The average Bonchev–Trinajstić information content (AvgIpc) is 3.53. The van der Waals surface area contributed by atoms with Gasteiger partial charge in [-0.1, -0.05) is 85.8 Å². The summed E-state index contributed by atoms with van der Waals surface area (Å²) < 4.78 is 20.4. The summed E-state index contributed by atoms with van der Waals surface area (Å²) in [6.07, 6.45) is 5.42. The van der Waals surface area contributed by atoms with E-state index >= 15 is 0 Å². The lowest BCUT2D eigenvalue weighted by Crippen LogP contribution is -2.21. The largest absolute Gasteiger partial charge is 0.491 e. The Balaban J connectivity index is 1.57. The molecule has 4 aromatic carbocycles. The summed E-state index contributed by atoms with van der Waals surface area (Å²) in [6.45, 7) is 2.47. The number of benzene rings is 4. The number of hydrogen-bond acceptors (Lipinski definition) is 5.